The SMILES string of the molecule is Cc1c(NN)nc(C2CC2)nc1NCC1CCC(C)C1. The molecule has 0 aliphatic heterocycles. The molecule has 2 atom stereocenters. The zero-order valence-corrected chi connectivity index (χ0v) is 12.4. The van der Waals surface area contributed by atoms with Crippen LogP contribution in [0.1, 0.15) is 56.3 Å². The molecule has 0 spiro atoms. The highest BCUT2D eigenvalue weighted by Crippen LogP contribution is 2.39. The first-order valence-corrected chi connectivity index (χ1v) is 7.76. The Morgan fingerprint density at radius 1 is 1.15 bits per heavy atom. The molecule has 2 unspecified atom stereocenters. The van der Waals surface area contributed by atoms with Crippen LogP contribution in [0.25, 0.3) is 0 Å². The lowest BCUT2D eigenvalue weighted by molar-refractivity contribution is 0.536. The minimum atomic E-state index is 0.537. The van der Waals surface area contributed by atoms with Crippen molar-refractivity contribution in [1.82, 2.24) is 9.97 Å². The molecule has 0 bridgehead atoms. The van der Waals surface area contributed by atoms with Crippen LogP contribution in [0.3, 0.4) is 0 Å². The topological polar surface area (TPSA) is 75.9 Å². The molecule has 0 aromatic carbocycles. The van der Waals surface area contributed by atoms with Crippen LogP contribution in [0.2, 0.25) is 0 Å². The standard InChI is InChI=1S/C15H25N5/c1-9-3-4-11(7-9)8-17-13-10(2)14(20-16)19-15(18-13)12-5-6-12/h9,11-12H,3-8,16H2,1-2H3,(H2,17,18,19,20). The van der Waals surface area contributed by atoms with Crippen LogP contribution < -0.4 is 16.6 Å². The van der Waals surface area contributed by atoms with E-state index in [1.807, 2.05) is 6.92 Å². The Morgan fingerprint density at radius 2 is 1.90 bits per heavy atom. The molecule has 5 heteroatoms. The molecule has 2 fully saturated rings. The molecular formula is C15H25N5. The van der Waals surface area contributed by atoms with Gasteiger partial charge in [-0.1, -0.05) is 13.3 Å². The van der Waals surface area contributed by atoms with Gasteiger partial charge in [0.25, 0.3) is 0 Å². The summed E-state index contributed by atoms with van der Waals surface area (Å²) in [5.41, 5.74) is 3.72. The highest BCUT2D eigenvalue weighted by Gasteiger charge is 2.28. The highest BCUT2D eigenvalue weighted by atomic mass is 15.3. The number of nitrogen functional groups attached to an aromatic ring is 1. The Kier molecular flexibility index (Phi) is 3.78. The summed E-state index contributed by atoms with van der Waals surface area (Å²) in [5.74, 6) is 10.4. The van der Waals surface area contributed by atoms with Crippen molar-refractivity contribution in [3.8, 4) is 0 Å². The molecule has 1 heterocycles. The van der Waals surface area contributed by atoms with Gasteiger partial charge >= 0.3 is 0 Å². The second kappa shape index (κ2) is 5.56. The lowest BCUT2D eigenvalue weighted by atomic mass is 10.1. The average Bonchev–Trinajstić information content (AvgIpc) is 3.21. The first-order chi connectivity index (χ1) is 9.67. The van der Waals surface area contributed by atoms with Gasteiger partial charge in [-0.25, -0.2) is 15.8 Å². The maximum Gasteiger partial charge on any atom is 0.148 e. The van der Waals surface area contributed by atoms with E-state index in [4.69, 9.17) is 10.8 Å². The first kappa shape index (κ1) is 13.6. The van der Waals surface area contributed by atoms with Crippen LogP contribution in [0, 0.1) is 18.8 Å². The van der Waals surface area contributed by atoms with Crippen molar-refractivity contribution in [3.63, 3.8) is 0 Å². The molecule has 2 saturated carbocycles. The monoisotopic (exact) mass is 275 g/mol. The molecule has 0 saturated heterocycles. The summed E-state index contributed by atoms with van der Waals surface area (Å²) in [6.45, 7) is 5.37. The summed E-state index contributed by atoms with van der Waals surface area (Å²) in [4.78, 5) is 9.22. The number of anilines is 2. The van der Waals surface area contributed by atoms with E-state index in [0.717, 1.165) is 41.4 Å². The van der Waals surface area contributed by atoms with Gasteiger partial charge in [0.1, 0.15) is 17.5 Å². The van der Waals surface area contributed by atoms with Gasteiger partial charge in [0.05, 0.1) is 0 Å². The van der Waals surface area contributed by atoms with Crippen LogP contribution in [0.4, 0.5) is 11.6 Å². The van der Waals surface area contributed by atoms with E-state index >= 15 is 0 Å². The summed E-state index contributed by atoms with van der Waals surface area (Å²) in [6, 6.07) is 0. The number of nitrogens with two attached hydrogens (primary N) is 1. The van der Waals surface area contributed by atoms with Gasteiger partial charge in [0.2, 0.25) is 0 Å². The number of nitrogens with zero attached hydrogens (tertiary/aromatic N) is 2. The summed E-state index contributed by atoms with van der Waals surface area (Å²) in [6.07, 6.45) is 6.42. The fourth-order valence-electron chi connectivity index (χ4n) is 3.12. The molecule has 110 valence electrons. The molecule has 3 rings (SSSR count). The summed E-state index contributed by atoms with van der Waals surface area (Å²) in [5, 5.41) is 3.53. The normalized spacial score (nSPS) is 25.8. The van der Waals surface area contributed by atoms with Crippen molar-refractivity contribution >= 4 is 11.6 Å². The first-order valence-electron chi connectivity index (χ1n) is 7.76. The molecule has 1 aromatic rings. The molecule has 20 heavy (non-hydrogen) atoms. The Hall–Kier alpha value is -1.36. The molecule has 4 N–H and O–H groups in total. The third-order valence-electron chi connectivity index (χ3n) is 4.60. The third kappa shape index (κ3) is 2.87. The van der Waals surface area contributed by atoms with Crippen LogP contribution in [0.15, 0.2) is 0 Å². The Labute approximate surface area is 120 Å². The molecule has 0 amide bonds. The van der Waals surface area contributed by atoms with Gasteiger partial charge in [0.15, 0.2) is 0 Å². The number of hydrogen-bond donors (Lipinski definition) is 3. The quantitative estimate of drug-likeness (QED) is 0.569. The van der Waals surface area contributed by atoms with E-state index in [-0.39, 0.29) is 0 Å². The van der Waals surface area contributed by atoms with Gasteiger partial charge in [-0.2, -0.15) is 0 Å². The second-order valence-electron chi connectivity index (χ2n) is 6.49. The summed E-state index contributed by atoms with van der Waals surface area (Å²) in [7, 11) is 0. The van der Waals surface area contributed by atoms with E-state index in [9.17, 15) is 0 Å². The number of nitrogens with one attached hydrogen (secondary N) is 2. The van der Waals surface area contributed by atoms with Gasteiger partial charge in [-0.3, -0.25) is 0 Å². The lowest BCUT2D eigenvalue weighted by Crippen LogP contribution is -2.17. The van der Waals surface area contributed by atoms with Gasteiger partial charge < -0.3 is 10.7 Å². The van der Waals surface area contributed by atoms with Crippen LogP contribution >= 0.6 is 0 Å². The molecule has 2 aliphatic rings. The van der Waals surface area contributed by atoms with Gasteiger partial charge in [-0.15, -0.1) is 0 Å². The van der Waals surface area contributed by atoms with E-state index < -0.39 is 0 Å². The fourth-order valence-corrected chi connectivity index (χ4v) is 3.12. The van der Waals surface area contributed by atoms with E-state index in [2.05, 4.69) is 22.7 Å². The van der Waals surface area contributed by atoms with Crippen molar-refractivity contribution in [2.24, 2.45) is 17.7 Å². The highest BCUT2D eigenvalue weighted by molar-refractivity contribution is 5.57. The molecular weight excluding hydrogens is 250 g/mol. The van der Waals surface area contributed by atoms with Gasteiger partial charge in [0, 0.05) is 18.0 Å². The minimum Gasteiger partial charge on any atom is -0.369 e. The Bertz CT molecular complexity index is 483. The summed E-state index contributed by atoms with van der Waals surface area (Å²) >= 11 is 0. The Balaban J connectivity index is 1.72. The number of aromatic nitrogens is 2. The van der Waals surface area contributed by atoms with Crippen molar-refractivity contribution < 1.29 is 0 Å². The van der Waals surface area contributed by atoms with Crippen molar-refractivity contribution in [2.75, 3.05) is 17.3 Å². The van der Waals surface area contributed by atoms with Crippen LogP contribution in [-0.2, 0) is 0 Å². The predicted molar refractivity (Wildman–Crippen MR) is 81.5 cm³/mol. The molecule has 1 aromatic heterocycles. The van der Waals surface area contributed by atoms with Crippen molar-refractivity contribution in [3.05, 3.63) is 11.4 Å². The zero-order chi connectivity index (χ0) is 14.1. The number of rotatable bonds is 5. The van der Waals surface area contributed by atoms with Crippen molar-refractivity contribution in [1.29, 1.82) is 0 Å². The minimum absolute atomic E-state index is 0.537. The van der Waals surface area contributed by atoms with E-state index in [1.54, 1.807) is 0 Å². The molecule has 5 nitrogen and oxygen atoms in total. The van der Waals surface area contributed by atoms with E-state index in [0.29, 0.717) is 5.92 Å². The third-order valence-corrected chi connectivity index (χ3v) is 4.60. The van der Waals surface area contributed by atoms with E-state index in [1.165, 1.54) is 32.1 Å². The molecule has 0 radical (unpaired) electrons. The smallest absolute Gasteiger partial charge is 0.148 e. The second-order valence-corrected chi connectivity index (χ2v) is 6.49. The zero-order valence-electron chi connectivity index (χ0n) is 12.4. The van der Waals surface area contributed by atoms with Crippen LogP contribution in [0.5, 0.6) is 0 Å². The maximum atomic E-state index is 5.58. The summed E-state index contributed by atoms with van der Waals surface area (Å²) < 4.78 is 0. The maximum absolute atomic E-state index is 5.58. The lowest BCUT2D eigenvalue weighted by Gasteiger charge is -2.16. The molecule has 2 aliphatic carbocycles. The fraction of sp³-hybridized carbons (Fsp3) is 0.733. The van der Waals surface area contributed by atoms with Gasteiger partial charge in [-0.05, 0) is 44.4 Å². The van der Waals surface area contributed by atoms with Crippen LogP contribution in [-0.4, -0.2) is 16.5 Å². The number of hydrazine groups is 1. The largest absolute Gasteiger partial charge is 0.369 e. The van der Waals surface area contributed by atoms with Crippen molar-refractivity contribution in [2.45, 2.75) is 51.9 Å². The Morgan fingerprint density at radius 3 is 2.50 bits per heavy atom. The average molecular weight is 275 g/mol. The number of hydrogen-bond acceptors (Lipinski definition) is 5. The predicted octanol–water partition coefficient (Wildman–Crippen LogP) is 2.80.